The number of amides is 1. The van der Waals surface area contributed by atoms with Gasteiger partial charge in [0, 0.05) is 31.7 Å². The molecule has 148 valence electrons. The molecule has 7 nitrogen and oxygen atoms in total. The third-order valence-corrected chi connectivity index (χ3v) is 6.46. The number of ether oxygens (including phenoxy) is 2. The number of nitrogens with one attached hydrogen (secondary N) is 1. The van der Waals surface area contributed by atoms with Gasteiger partial charge in [-0.1, -0.05) is 19.1 Å². The summed E-state index contributed by atoms with van der Waals surface area (Å²) >= 11 is 0. The van der Waals surface area contributed by atoms with Gasteiger partial charge >= 0.3 is 0 Å². The monoisotopic (exact) mass is 382 g/mol. The molecule has 4 heterocycles. The molecule has 1 saturated heterocycles. The normalized spacial score (nSPS) is 23.5. The average Bonchev–Trinajstić information content (AvgIpc) is 3.24. The minimum absolute atomic E-state index is 0.0189. The van der Waals surface area contributed by atoms with Gasteiger partial charge in [-0.25, -0.2) is 4.98 Å². The number of piperidine rings is 1. The summed E-state index contributed by atoms with van der Waals surface area (Å²) in [5, 5.41) is 0. The zero-order valence-corrected chi connectivity index (χ0v) is 16.2. The Balaban J connectivity index is 1.31. The van der Waals surface area contributed by atoms with E-state index in [9.17, 15) is 4.79 Å². The van der Waals surface area contributed by atoms with Crippen LogP contribution >= 0.6 is 0 Å². The molecular formula is C21H26N4O3. The quantitative estimate of drug-likeness (QED) is 0.860. The standard InChI is InChI=1S/C21H26N4O3/c1-2-25-10-7-15-19(23-14-22-15)21(25)8-11-24(12-9-21)20(26)18-13-27-16-5-3-4-6-17(16)28-18/h3-6,14,18H,2,7-13H2,1H3,(H,22,23)/t18-/m1/s1. The van der Waals surface area contributed by atoms with Gasteiger partial charge in [0.25, 0.3) is 5.91 Å². The van der Waals surface area contributed by atoms with Crippen molar-refractivity contribution in [3.05, 3.63) is 42.0 Å². The summed E-state index contributed by atoms with van der Waals surface area (Å²) in [5.74, 6) is 1.37. The number of H-pyrrole nitrogens is 1. The molecule has 0 saturated carbocycles. The molecular weight excluding hydrogens is 356 g/mol. The minimum Gasteiger partial charge on any atom is -0.485 e. The van der Waals surface area contributed by atoms with Gasteiger partial charge in [0.05, 0.1) is 17.6 Å². The Hall–Kier alpha value is -2.54. The number of hydrogen-bond donors (Lipinski definition) is 1. The maximum absolute atomic E-state index is 13.1. The number of carbonyl (C=O) groups is 1. The molecule has 3 aliphatic heterocycles. The predicted octanol–water partition coefficient (Wildman–Crippen LogP) is 1.95. The van der Waals surface area contributed by atoms with Crippen LogP contribution in [0.1, 0.15) is 31.2 Å². The van der Waals surface area contributed by atoms with Gasteiger partial charge in [0.1, 0.15) is 6.61 Å². The first-order valence-electron chi connectivity index (χ1n) is 10.2. The number of likely N-dealkylation sites (tertiary alicyclic amines) is 1. The van der Waals surface area contributed by atoms with Crippen molar-refractivity contribution >= 4 is 5.91 Å². The molecule has 1 aromatic carbocycles. The molecule has 1 amide bonds. The highest BCUT2D eigenvalue weighted by Gasteiger charge is 2.47. The van der Waals surface area contributed by atoms with Crippen molar-refractivity contribution in [2.45, 2.75) is 37.8 Å². The maximum atomic E-state index is 13.1. The third kappa shape index (κ3) is 2.68. The van der Waals surface area contributed by atoms with Gasteiger partial charge in [0.2, 0.25) is 6.10 Å². The van der Waals surface area contributed by atoms with Crippen LogP contribution in [-0.4, -0.2) is 64.6 Å². The number of para-hydroxylation sites is 2. The molecule has 0 aliphatic carbocycles. The molecule has 0 radical (unpaired) electrons. The summed E-state index contributed by atoms with van der Waals surface area (Å²) in [5.41, 5.74) is 2.37. The van der Waals surface area contributed by atoms with Gasteiger partial charge in [0.15, 0.2) is 11.5 Å². The van der Waals surface area contributed by atoms with Crippen LogP contribution in [0.15, 0.2) is 30.6 Å². The Morgan fingerprint density at radius 1 is 1.25 bits per heavy atom. The van der Waals surface area contributed by atoms with E-state index in [1.54, 1.807) is 0 Å². The van der Waals surface area contributed by atoms with Crippen LogP contribution in [0, 0.1) is 0 Å². The van der Waals surface area contributed by atoms with E-state index in [4.69, 9.17) is 9.47 Å². The lowest BCUT2D eigenvalue weighted by Gasteiger charge is -2.50. The van der Waals surface area contributed by atoms with Gasteiger partial charge in [-0.05, 0) is 31.5 Å². The van der Waals surface area contributed by atoms with Gasteiger partial charge < -0.3 is 19.4 Å². The van der Waals surface area contributed by atoms with Crippen molar-refractivity contribution in [2.75, 3.05) is 32.8 Å². The van der Waals surface area contributed by atoms with Crippen LogP contribution in [0.3, 0.4) is 0 Å². The zero-order chi connectivity index (χ0) is 19.1. The summed E-state index contributed by atoms with van der Waals surface area (Å²) in [4.78, 5) is 25.5. The topological polar surface area (TPSA) is 70.7 Å². The van der Waals surface area contributed by atoms with Crippen LogP contribution in [0.5, 0.6) is 11.5 Å². The van der Waals surface area contributed by atoms with Crippen LogP contribution in [-0.2, 0) is 16.8 Å². The smallest absolute Gasteiger partial charge is 0.267 e. The summed E-state index contributed by atoms with van der Waals surface area (Å²) in [6, 6.07) is 7.51. The highest BCUT2D eigenvalue weighted by atomic mass is 16.6. The largest absolute Gasteiger partial charge is 0.485 e. The molecule has 0 bridgehead atoms. The number of hydrogen-bond acceptors (Lipinski definition) is 5. The highest BCUT2D eigenvalue weighted by Crippen LogP contribution is 2.42. The van der Waals surface area contributed by atoms with E-state index in [0.29, 0.717) is 24.6 Å². The molecule has 2 aromatic rings. The van der Waals surface area contributed by atoms with Crippen molar-refractivity contribution in [1.82, 2.24) is 19.8 Å². The highest BCUT2D eigenvalue weighted by molar-refractivity contribution is 5.82. The van der Waals surface area contributed by atoms with Crippen LogP contribution in [0.25, 0.3) is 0 Å². The Labute approximate surface area is 164 Å². The van der Waals surface area contributed by atoms with E-state index in [1.807, 2.05) is 35.5 Å². The fourth-order valence-corrected chi connectivity index (χ4v) is 4.98. The summed E-state index contributed by atoms with van der Waals surface area (Å²) < 4.78 is 11.7. The molecule has 1 atom stereocenters. The molecule has 1 aromatic heterocycles. The van der Waals surface area contributed by atoms with E-state index in [2.05, 4.69) is 21.8 Å². The second kappa shape index (κ2) is 6.81. The van der Waals surface area contributed by atoms with E-state index in [1.165, 1.54) is 11.4 Å². The average molecular weight is 382 g/mol. The number of fused-ring (bicyclic) bond motifs is 3. The van der Waals surface area contributed by atoms with Crippen LogP contribution < -0.4 is 9.47 Å². The van der Waals surface area contributed by atoms with E-state index >= 15 is 0 Å². The second-order valence-corrected chi connectivity index (χ2v) is 7.78. The maximum Gasteiger partial charge on any atom is 0.267 e. The van der Waals surface area contributed by atoms with Gasteiger partial charge in [-0.3, -0.25) is 9.69 Å². The van der Waals surface area contributed by atoms with Crippen molar-refractivity contribution in [3.8, 4) is 11.5 Å². The third-order valence-electron chi connectivity index (χ3n) is 6.46. The number of carbonyl (C=O) groups excluding carboxylic acids is 1. The number of aromatic nitrogens is 2. The molecule has 28 heavy (non-hydrogen) atoms. The lowest BCUT2D eigenvalue weighted by atomic mass is 9.78. The van der Waals surface area contributed by atoms with Gasteiger partial charge in [-0.2, -0.15) is 0 Å². The fourth-order valence-electron chi connectivity index (χ4n) is 4.98. The van der Waals surface area contributed by atoms with Crippen molar-refractivity contribution in [3.63, 3.8) is 0 Å². The number of likely N-dealkylation sites (N-methyl/N-ethyl adjacent to an activating group) is 1. The Bertz CT molecular complexity index is 872. The molecule has 1 N–H and O–H groups in total. The van der Waals surface area contributed by atoms with E-state index in [0.717, 1.165) is 32.4 Å². The molecule has 3 aliphatic rings. The fraction of sp³-hybridized carbons (Fsp3) is 0.524. The second-order valence-electron chi connectivity index (χ2n) is 7.78. The Morgan fingerprint density at radius 2 is 2.04 bits per heavy atom. The van der Waals surface area contributed by atoms with Gasteiger partial charge in [-0.15, -0.1) is 0 Å². The van der Waals surface area contributed by atoms with Crippen molar-refractivity contribution in [2.24, 2.45) is 0 Å². The number of nitrogens with zero attached hydrogens (tertiary/aromatic N) is 3. The number of rotatable bonds is 2. The molecule has 5 rings (SSSR count). The predicted molar refractivity (Wildman–Crippen MR) is 103 cm³/mol. The number of aromatic amines is 1. The Kier molecular flexibility index (Phi) is 4.27. The molecule has 1 fully saturated rings. The molecule has 1 spiro atoms. The summed E-state index contributed by atoms with van der Waals surface area (Å²) in [7, 11) is 0. The Morgan fingerprint density at radius 3 is 2.82 bits per heavy atom. The van der Waals surface area contributed by atoms with Crippen LogP contribution in [0.2, 0.25) is 0 Å². The van der Waals surface area contributed by atoms with Crippen molar-refractivity contribution in [1.29, 1.82) is 0 Å². The first-order chi connectivity index (χ1) is 13.7. The lowest BCUT2D eigenvalue weighted by Crippen LogP contribution is -2.58. The molecule has 0 unspecified atom stereocenters. The lowest BCUT2D eigenvalue weighted by molar-refractivity contribution is -0.144. The first-order valence-corrected chi connectivity index (χ1v) is 10.2. The van der Waals surface area contributed by atoms with Crippen LogP contribution in [0.4, 0.5) is 0 Å². The first kappa shape index (κ1) is 17.6. The van der Waals surface area contributed by atoms with Crippen molar-refractivity contribution < 1.29 is 14.3 Å². The molecule has 7 heteroatoms. The van der Waals surface area contributed by atoms with E-state index < -0.39 is 6.10 Å². The number of imidazole rings is 1. The van der Waals surface area contributed by atoms with E-state index in [-0.39, 0.29) is 18.1 Å². The minimum atomic E-state index is -0.571. The zero-order valence-electron chi connectivity index (χ0n) is 16.2. The number of benzene rings is 1. The summed E-state index contributed by atoms with van der Waals surface area (Å²) in [6.07, 6.45) is 4.05. The SMILES string of the molecule is CCN1CCc2[nH]cnc2C12CCN(C(=O)[C@H]1COc3ccccc3O1)CC2. The summed E-state index contributed by atoms with van der Waals surface area (Å²) in [6.45, 7) is 5.93.